The van der Waals surface area contributed by atoms with Gasteiger partial charge in [0.25, 0.3) is 0 Å². The van der Waals surface area contributed by atoms with E-state index >= 15 is 0 Å². The Morgan fingerprint density at radius 1 is 1.43 bits per heavy atom. The molecule has 2 aromatic rings. The summed E-state index contributed by atoms with van der Waals surface area (Å²) in [6.07, 6.45) is 2.47. The fourth-order valence-electron chi connectivity index (χ4n) is 2.29. The Morgan fingerprint density at radius 3 is 2.65 bits per heavy atom. The minimum atomic E-state index is -0.353. The van der Waals surface area contributed by atoms with Crippen LogP contribution in [0.2, 0.25) is 0 Å². The van der Waals surface area contributed by atoms with Gasteiger partial charge in [-0.2, -0.15) is 5.10 Å². The summed E-state index contributed by atoms with van der Waals surface area (Å²) < 4.78 is 6.67. The van der Waals surface area contributed by atoms with Gasteiger partial charge < -0.3 is 15.4 Å². The van der Waals surface area contributed by atoms with E-state index in [4.69, 9.17) is 17.0 Å². The van der Waals surface area contributed by atoms with Crippen molar-refractivity contribution in [3.8, 4) is 0 Å². The summed E-state index contributed by atoms with van der Waals surface area (Å²) in [5, 5.41) is 11.5. The first-order valence-electron chi connectivity index (χ1n) is 7.16. The molecule has 0 atom stereocenters. The molecular formula is C15H20N4O2S2. The Balaban J connectivity index is 2.24. The summed E-state index contributed by atoms with van der Waals surface area (Å²) in [5.74, 6) is -0.353. The summed E-state index contributed by atoms with van der Waals surface area (Å²) in [5.41, 5.74) is 3.35. The van der Waals surface area contributed by atoms with Crippen molar-refractivity contribution in [1.29, 1.82) is 0 Å². The van der Waals surface area contributed by atoms with Gasteiger partial charge in [0, 0.05) is 11.9 Å². The highest BCUT2D eigenvalue weighted by Gasteiger charge is 2.22. The molecule has 2 aromatic heterocycles. The van der Waals surface area contributed by atoms with Crippen LogP contribution < -0.4 is 10.6 Å². The molecule has 124 valence electrons. The first-order valence-corrected chi connectivity index (χ1v) is 8.38. The van der Waals surface area contributed by atoms with Crippen LogP contribution in [0.1, 0.15) is 33.4 Å². The van der Waals surface area contributed by atoms with Gasteiger partial charge in [-0.25, -0.2) is 4.79 Å². The number of carbonyl (C=O) groups is 1. The zero-order valence-electron chi connectivity index (χ0n) is 13.8. The molecule has 6 nitrogen and oxygen atoms in total. The van der Waals surface area contributed by atoms with E-state index in [9.17, 15) is 4.79 Å². The molecule has 0 saturated carbocycles. The summed E-state index contributed by atoms with van der Waals surface area (Å²) in [4.78, 5) is 13.2. The lowest BCUT2D eigenvalue weighted by molar-refractivity contribution is 0.0601. The lowest BCUT2D eigenvalue weighted by Gasteiger charge is -2.10. The number of aryl methyl sites for hydroxylation is 2. The van der Waals surface area contributed by atoms with E-state index in [0.717, 1.165) is 28.2 Å². The van der Waals surface area contributed by atoms with E-state index in [2.05, 4.69) is 15.7 Å². The SMILES string of the molecule is CCc1c(C)sc(NC(=S)Nc2cnn(C)c2C)c1C(=O)OC. The minimum Gasteiger partial charge on any atom is -0.465 e. The molecule has 0 aromatic carbocycles. The van der Waals surface area contributed by atoms with E-state index < -0.39 is 0 Å². The number of hydrogen-bond donors (Lipinski definition) is 2. The monoisotopic (exact) mass is 352 g/mol. The van der Waals surface area contributed by atoms with Crippen LogP contribution >= 0.6 is 23.6 Å². The lowest BCUT2D eigenvalue weighted by Crippen LogP contribution is -2.20. The second kappa shape index (κ2) is 7.10. The van der Waals surface area contributed by atoms with E-state index in [-0.39, 0.29) is 5.97 Å². The molecule has 0 radical (unpaired) electrons. The quantitative estimate of drug-likeness (QED) is 0.650. The van der Waals surface area contributed by atoms with Crippen molar-refractivity contribution >= 4 is 45.3 Å². The Bertz CT molecular complexity index is 749. The third kappa shape index (κ3) is 3.53. The van der Waals surface area contributed by atoms with Gasteiger partial charge in [0.2, 0.25) is 0 Å². The van der Waals surface area contributed by atoms with Crippen LogP contribution in [0, 0.1) is 13.8 Å². The second-order valence-electron chi connectivity index (χ2n) is 5.03. The molecular weight excluding hydrogens is 332 g/mol. The zero-order valence-corrected chi connectivity index (χ0v) is 15.4. The highest BCUT2D eigenvalue weighted by Crippen LogP contribution is 2.34. The van der Waals surface area contributed by atoms with E-state index in [0.29, 0.717) is 15.7 Å². The van der Waals surface area contributed by atoms with Crippen LogP contribution in [0.15, 0.2) is 6.20 Å². The zero-order chi connectivity index (χ0) is 17.1. The van der Waals surface area contributed by atoms with Crippen molar-refractivity contribution in [2.24, 2.45) is 7.05 Å². The number of carbonyl (C=O) groups excluding carboxylic acids is 1. The number of methoxy groups -OCH3 is 1. The molecule has 23 heavy (non-hydrogen) atoms. The van der Waals surface area contributed by atoms with Gasteiger partial charge in [-0.15, -0.1) is 11.3 Å². The summed E-state index contributed by atoms with van der Waals surface area (Å²) in [6.45, 7) is 5.95. The minimum absolute atomic E-state index is 0.353. The number of nitrogens with zero attached hydrogens (tertiary/aromatic N) is 2. The number of hydrogen-bond acceptors (Lipinski definition) is 5. The normalized spacial score (nSPS) is 10.5. The fourth-order valence-corrected chi connectivity index (χ4v) is 3.70. The van der Waals surface area contributed by atoms with Crippen molar-refractivity contribution in [3.63, 3.8) is 0 Å². The first kappa shape index (κ1) is 17.4. The molecule has 2 N–H and O–H groups in total. The van der Waals surface area contributed by atoms with Gasteiger partial charge in [-0.1, -0.05) is 6.92 Å². The number of nitrogens with one attached hydrogen (secondary N) is 2. The summed E-state index contributed by atoms with van der Waals surface area (Å²) >= 11 is 6.85. The average molecular weight is 352 g/mol. The molecule has 0 saturated heterocycles. The molecule has 2 heterocycles. The van der Waals surface area contributed by atoms with Crippen molar-refractivity contribution in [2.75, 3.05) is 17.7 Å². The van der Waals surface area contributed by atoms with E-state index in [1.165, 1.54) is 18.4 Å². The summed E-state index contributed by atoms with van der Waals surface area (Å²) in [6, 6.07) is 0. The molecule has 0 aliphatic carbocycles. The van der Waals surface area contributed by atoms with Gasteiger partial charge in [-0.05, 0) is 38.0 Å². The molecule has 0 aliphatic heterocycles. The number of anilines is 2. The topological polar surface area (TPSA) is 68.2 Å². The molecule has 0 unspecified atom stereocenters. The number of esters is 1. The number of thiocarbonyl (C=S) groups is 1. The van der Waals surface area contributed by atoms with E-state index in [1.54, 1.807) is 10.9 Å². The van der Waals surface area contributed by atoms with Gasteiger partial charge in [0.1, 0.15) is 5.00 Å². The van der Waals surface area contributed by atoms with Crippen molar-refractivity contribution < 1.29 is 9.53 Å². The van der Waals surface area contributed by atoms with Crippen LogP contribution in [0.25, 0.3) is 0 Å². The van der Waals surface area contributed by atoms with Crippen LogP contribution in [0.5, 0.6) is 0 Å². The number of thiophene rings is 1. The molecule has 0 bridgehead atoms. The smallest absolute Gasteiger partial charge is 0.341 e. The van der Waals surface area contributed by atoms with Crippen LogP contribution in [0.4, 0.5) is 10.7 Å². The van der Waals surface area contributed by atoms with E-state index in [1.807, 2.05) is 27.8 Å². The first-order chi connectivity index (χ1) is 10.9. The molecule has 0 fully saturated rings. The Hall–Kier alpha value is -1.93. The maximum Gasteiger partial charge on any atom is 0.341 e. The van der Waals surface area contributed by atoms with Crippen molar-refractivity contribution in [1.82, 2.24) is 9.78 Å². The molecule has 2 rings (SSSR count). The van der Waals surface area contributed by atoms with Crippen LogP contribution in [0.3, 0.4) is 0 Å². The van der Waals surface area contributed by atoms with Gasteiger partial charge in [-0.3, -0.25) is 4.68 Å². The third-order valence-electron chi connectivity index (χ3n) is 3.66. The fraction of sp³-hybridized carbons (Fsp3) is 0.400. The number of rotatable bonds is 4. The van der Waals surface area contributed by atoms with Gasteiger partial charge in [0.05, 0.1) is 30.3 Å². The summed E-state index contributed by atoms with van der Waals surface area (Å²) in [7, 11) is 3.25. The number of ether oxygens (including phenoxy) is 1. The maximum atomic E-state index is 12.1. The second-order valence-corrected chi connectivity index (χ2v) is 6.67. The Labute approximate surface area is 144 Å². The third-order valence-corrected chi connectivity index (χ3v) is 4.93. The maximum absolute atomic E-state index is 12.1. The van der Waals surface area contributed by atoms with Crippen LogP contribution in [-0.4, -0.2) is 28.0 Å². The number of aromatic nitrogens is 2. The van der Waals surface area contributed by atoms with Gasteiger partial charge in [0.15, 0.2) is 5.11 Å². The Kier molecular flexibility index (Phi) is 5.38. The molecule has 0 spiro atoms. The standard InChI is InChI=1S/C15H20N4O2S2/c1-6-10-9(3)23-13(12(10)14(20)21-5)18-15(22)17-11-7-16-19(4)8(11)2/h7H,6H2,1-5H3,(H2,17,18,22). The largest absolute Gasteiger partial charge is 0.465 e. The van der Waals surface area contributed by atoms with Crippen molar-refractivity contribution in [3.05, 3.63) is 27.9 Å². The molecule has 0 aliphatic rings. The predicted molar refractivity (Wildman–Crippen MR) is 97.6 cm³/mol. The highest BCUT2D eigenvalue weighted by atomic mass is 32.1. The highest BCUT2D eigenvalue weighted by molar-refractivity contribution is 7.80. The van der Waals surface area contributed by atoms with Gasteiger partial charge >= 0.3 is 5.97 Å². The predicted octanol–water partition coefficient (Wildman–Crippen LogP) is 3.26. The lowest BCUT2D eigenvalue weighted by atomic mass is 10.1. The average Bonchev–Trinajstić information content (AvgIpc) is 2.99. The molecule has 0 amide bonds. The molecule has 8 heteroatoms. The van der Waals surface area contributed by atoms with Crippen molar-refractivity contribution in [2.45, 2.75) is 27.2 Å². The Morgan fingerprint density at radius 2 is 2.13 bits per heavy atom. The van der Waals surface area contributed by atoms with Crippen LogP contribution in [-0.2, 0) is 18.2 Å².